The van der Waals surface area contributed by atoms with Gasteiger partial charge < -0.3 is 20.3 Å². The van der Waals surface area contributed by atoms with E-state index in [-0.39, 0.29) is 24.9 Å². The summed E-state index contributed by atoms with van der Waals surface area (Å²) in [7, 11) is 0. The van der Waals surface area contributed by atoms with Crippen molar-refractivity contribution in [2.45, 2.75) is 270 Å². The number of ether oxygens (including phenoxy) is 1. The van der Waals surface area contributed by atoms with Gasteiger partial charge in [-0.1, -0.05) is 248 Å². The first-order valence-corrected chi connectivity index (χ1v) is 26.7. The van der Waals surface area contributed by atoms with Gasteiger partial charge in [0.2, 0.25) is 5.91 Å². The summed E-state index contributed by atoms with van der Waals surface area (Å²) in [6.45, 7) is 6.33. The van der Waals surface area contributed by atoms with Crippen molar-refractivity contribution >= 4 is 11.9 Å². The van der Waals surface area contributed by atoms with Crippen molar-refractivity contribution in [3.63, 3.8) is 0 Å². The number of aliphatic hydroxyl groups is 2. The molecule has 0 radical (unpaired) electrons. The normalized spacial score (nSPS) is 13.8. The number of amides is 1. The van der Waals surface area contributed by atoms with Crippen LogP contribution in [0.1, 0.15) is 252 Å². The Hall–Kier alpha value is -2.70. The maximum Gasteiger partial charge on any atom is 0.306 e. The number of hydrogen-bond donors (Lipinski definition) is 3. The monoisotopic (exact) mass is 880 g/mol. The third-order valence-corrected chi connectivity index (χ3v) is 11.9. The van der Waals surface area contributed by atoms with Crippen LogP contribution in [-0.2, 0) is 14.3 Å². The van der Waals surface area contributed by atoms with Gasteiger partial charge in [-0.25, -0.2) is 0 Å². The first-order valence-electron chi connectivity index (χ1n) is 26.7. The van der Waals surface area contributed by atoms with E-state index < -0.39 is 18.2 Å². The van der Waals surface area contributed by atoms with Crippen LogP contribution in [0.25, 0.3) is 0 Å². The number of nitrogens with one attached hydrogen (secondary N) is 1. The molecule has 0 bridgehead atoms. The molecule has 0 aromatic heterocycles. The molecular formula is C57H101NO5. The van der Waals surface area contributed by atoms with Gasteiger partial charge in [0.25, 0.3) is 0 Å². The first-order chi connectivity index (χ1) is 31.0. The zero-order chi connectivity index (χ0) is 45.9. The van der Waals surface area contributed by atoms with Gasteiger partial charge in [0.1, 0.15) is 6.10 Å². The van der Waals surface area contributed by atoms with Crippen molar-refractivity contribution in [1.82, 2.24) is 5.32 Å². The van der Waals surface area contributed by atoms with Crippen LogP contribution >= 0.6 is 0 Å². The van der Waals surface area contributed by atoms with E-state index in [2.05, 4.69) is 44.3 Å². The zero-order valence-electron chi connectivity index (χ0n) is 41.4. The maximum absolute atomic E-state index is 13.2. The summed E-state index contributed by atoms with van der Waals surface area (Å²) in [5.74, 6) is -0.569. The van der Waals surface area contributed by atoms with Crippen LogP contribution in [0.3, 0.4) is 0 Å². The molecule has 0 spiro atoms. The molecule has 6 nitrogen and oxygen atoms in total. The zero-order valence-corrected chi connectivity index (χ0v) is 41.4. The van der Waals surface area contributed by atoms with E-state index in [9.17, 15) is 19.8 Å². The fraction of sp³-hybridized carbons (Fsp3) is 0.754. The highest BCUT2D eigenvalue weighted by molar-refractivity contribution is 5.77. The third kappa shape index (κ3) is 45.7. The Morgan fingerprint density at radius 1 is 0.476 bits per heavy atom. The van der Waals surface area contributed by atoms with E-state index in [1.165, 1.54) is 141 Å². The van der Waals surface area contributed by atoms with E-state index in [1.54, 1.807) is 0 Å². The van der Waals surface area contributed by atoms with E-state index >= 15 is 0 Å². The van der Waals surface area contributed by atoms with Crippen molar-refractivity contribution in [1.29, 1.82) is 0 Å². The Balaban J connectivity index is 4.65. The van der Waals surface area contributed by atoms with Gasteiger partial charge in [-0.15, -0.1) is 0 Å². The minimum absolute atomic E-state index is 0.0414. The Morgan fingerprint density at radius 2 is 0.873 bits per heavy atom. The lowest BCUT2D eigenvalue weighted by molar-refractivity contribution is -0.151. The summed E-state index contributed by atoms with van der Waals surface area (Å²) >= 11 is 0. The van der Waals surface area contributed by atoms with Gasteiger partial charge in [0, 0.05) is 6.42 Å². The van der Waals surface area contributed by atoms with E-state index in [1.807, 2.05) is 54.7 Å². The molecule has 3 N–H and O–H groups in total. The number of hydrogen-bond acceptors (Lipinski definition) is 5. The number of esters is 1. The Kier molecular flexibility index (Phi) is 48.1. The van der Waals surface area contributed by atoms with Gasteiger partial charge in [-0.05, 0) is 64.2 Å². The second-order valence-electron chi connectivity index (χ2n) is 18.0. The molecule has 364 valence electrons. The molecule has 3 unspecified atom stereocenters. The van der Waals surface area contributed by atoms with Gasteiger partial charge in [-0.3, -0.25) is 9.59 Å². The first kappa shape index (κ1) is 60.3. The molecule has 0 heterocycles. The van der Waals surface area contributed by atoms with Crippen LogP contribution in [0.5, 0.6) is 0 Å². The van der Waals surface area contributed by atoms with Crippen LogP contribution in [0.15, 0.2) is 72.9 Å². The highest BCUT2D eigenvalue weighted by Gasteiger charge is 2.24. The van der Waals surface area contributed by atoms with Crippen molar-refractivity contribution < 1.29 is 24.5 Å². The molecular weight excluding hydrogens is 779 g/mol. The lowest BCUT2D eigenvalue weighted by Crippen LogP contribution is -2.46. The largest absolute Gasteiger partial charge is 0.462 e. The van der Waals surface area contributed by atoms with Crippen LogP contribution in [-0.4, -0.2) is 46.9 Å². The lowest BCUT2D eigenvalue weighted by atomic mass is 10.0. The van der Waals surface area contributed by atoms with E-state index in [0.29, 0.717) is 25.7 Å². The molecule has 0 aromatic rings. The number of rotatable bonds is 47. The van der Waals surface area contributed by atoms with Gasteiger partial charge >= 0.3 is 5.97 Å². The predicted octanol–water partition coefficient (Wildman–Crippen LogP) is 16.2. The van der Waals surface area contributed by atoms with Crippen molar-refractivity contribution in [2.24, 2.45) is 0 Å². The Labute approximate surface area is 390 Å². The van der Waals surface area contributed by atoms with Gasteiger partial charge in [-0.2, -0.15) is 0 Å². The SMILES string of the molecule is CC/C=C/C=C/C=C\C=C/C=C/CCCC(=O)OC(CCCCCCC/C=C/CCCCCCCC)CC(=O)NC(CO)C(O)CCCCCCCCCCCCCCCCCC. The number of aliphatic hydroxyl groups excluding tert-OH is 2. The smallest absolute Gasteiger partial charge is 0.306 e. The van der Waals surface area contributed by atoms with Crippen LogP contribution in [0.2, 0.25) is 0 Å². The van der Waals surface area contributed by atoms with Crippen LogP contribution < -0.4 is 5.32 Å². The second kappa shape index (κ2) is 50.3. The topological polar surface area (TPSA) is 95.9 Å². The molecule has 1 amide bonds. The van der Waals surface area contributed by atoms with Crippen molar-refractivity contribution in [3.05, 3.63) is 72.9 Å². The predicted molar refractivity (Wildman–Crippen MR) is 273 cm³/mol. The number of carbonyl (C=O) groups excluding carboxylic acids is 2. The average Bonchev–Trinajstić information content (AvgIpc) is 3.28. The second-order valence-corrected chi connectivity index (χ2v) is 18.0. The summed E-state index contributed by atoms with van der Waals surface area (Å²) in [6.07, 6.45) is 64.0. The molecule has 0 saturated carbocycles. The summed E-state index contributed by atoms with van der Waals surface area (Å²) in [6, 6.07) is -0.722. The molecule has 0 aliphatic carbocycles. The molecule has 0 aliphatic rings. The molecule has 63 heavy (non-hydrogen) atoms. The minimum atomic E-state index is -0.805. The highest BCUT2D eigenvalue weighted by Crippen LogP contribution is 2.18. The van der Waals surface area contributed by atoms with Crippen molar-refractivity contribution in [3.8, 4) is 0 Å². The molecule has 6 heteroatoms. The lowest BCUT2D eigenvalue weighted by Gasteiger charge is -2.24. The Bertz CT molecular complexity index is 1170. The van der Waals surface area contributed by atoms with E-state index in [0.717, 1.165) is 57.8 Å². The molecule has 0 aliphatic heterocycles. The van der Waals surface area contributed by atoms with Gasteiger partial charge in [0.05, 0.1) is 25.2 Å². The van der Waals surface area contributed by atoms with Gasteiger partial charge in [0.15, 0.2) is 0 Å². The van der Waals surface area contributed by atoms with Crippen molar-refractivity contribution in [2.75, 3.05) is 6.61 Å². The molecule has 0 fully saturated rings. The van der Waals surface area contributed by atoms with Crippen LogP contribution in [0, 0.1) is 0 Å². The summed E-state index contributed by atoms with van der Waals surface area (Å²) in [4.78, 5) is 26.1. The van der Waals surface area contributed by atoms with Crippen LogP contribution in [0.4, 0.5) is 0 Å². The summed E-state index contributed by atoms with van der Waals surface area (Å²) < 4.78 is 5.89. The fourth-order valence-electron chi connectivity index (χ4n) is 7.87. The number of unbranched alkanes of at least 4 members (excludes halogenated alkanes) is 27. The average molecular weight is 880 g/mol. The number of allylic oxidation sites excluding steroid dienone is 12. The summed E-state index contributed by atoms with van der Waals surface area (Å²) in [5, 5.41) is 23.8. The quantitative estimate of drug-likeness (QED) is 0.0245. The summed E-state index contributed by atoms with van der Waals surface area (Å²) in [5.41, 5.74) is 0. The molecule has 0 saturated heterocycles. The molecule has 0 aromatic carbocycles. The standard InChI is InChI=1S/C57H101NO5/c1-4-7-10-13-16-19-22-25-27-29-32-34-37-40-43-46-49-55(60)54(52-59)58-56(61)51-53(48-45-42-39-36-33-31-28-26-23-20-17-14-11-8-5-2)63-57(62)50-47-44-41-38-35-30-24-21-18-15-12-9-6-3/h9,12,15,18,21,24,26,28,30,35,38,41,53-55,59-60H,4-8,10-11,13-14,16-17,19-20,22-23,25,27,29,31-34,36-37,39-40,42-52H2,1-3H3,(H,58,61)/b12-9+,18-15+,24-21-,28-26+,35-30-,41-38+. The van der Waals surface area contributed by atoms with E-state index in [4.69, 9.17) is 4.74 Å². The third-order valence-electron chi connectivity index (χ3n) is 11.9. The Morgan fingerprint density at radius 3 is 1.33 bits per heavy atom. The maximum atomic E-state index is 13.2. The fourth-order valence-corrected chi connectivity index (χ4v) is 7.87. The molecule has 3 atom stereocenters. The highest BCUT2D eigenvalue weighted by atomic mass is 16.5. The molecule has 0 rings (SSSR count). The minimum Gasteiger partial charge on any atom is -0.462 e. The number of carbonyl (C=O) groups is 2.